The average molecular weight is 440 g/mol. The van der Waals surface area contributed by atoms with Crippen molar-refractivity contribution in [3.63, 3.8) is 0 Å². The van der Waals surface area contributed by atoms with Gasteiger partial charge < -0.3 is 5.32 Å². The van der Waals surface area contributed by atoms with E-state index in [-0.39, 0.29) is 15.9 Å². The van der Waals surface area contributed by atoms with Crippen LogP contribution in [-0.4, -0.2) is 16.1 Å². The zero-order chi connectivity index (χ0) is 14.9. The van der Waals surface area contributed by atoms with E-state index in [0.717, 1.165) is 14.5 Å². The fourth-order valence-corrected chi connectivity index (χ4v) is 3.45. The number of halogens is 4. The van der Waals surface area contributed by atoms with E-state index in [1.54, 1.807) is 0 Å². The maximum absolute atomic E-state index is 12.2. The van der Waals surface area contributed by atoms with Crippen molar-refractivity contribution in [3.05, 3.63) is 48.6 Å². The second-order valence-electron chi connectivity index (χ2n) is 3.93. The van der Waals surface area contributed by atoms with Crippen molar-refractivity contribution in [2.45, 2.75) is 6.92 Å². The number of hydrogen-bond acceptors (Lipinski definition) is 3. The molecule has 1 N–H and O–H groups in total. The van der Waals surface area contributed by atoms with Gasteiger partial charge in [-0.1, -0.05) is 23.2 Å². The zero-order valence-electron chi connectivity index (χ0n) is 10.0. The number of aryl methyl sites for hydroxylation is 1. The predicted molar refractivity (Wildman–Crippen MR) is 86.6 cm³/mol. The van der Waals surface area contributed by atoms with Crippen molar-refractivity contribution in [1.29, 1.82) is 0 Å². The van der Waals surface area contributed by atoms with Gasteiger partial charge in [-0.2, -0.15) is 0 Å². The molecule has 0 radical (unpaired) electrons. The molecule has 20 heavy (non-hydrogen) atoms. The van der Waals surface area contributed by atoms with Gasteiger partial charge in [0.15, 0.2) is 10.3 Å². The minimum Gasteiger partial charge on any atom is -0.320 e. The van der Waals surface area contributed by atoms with Crippen LogP contribution in [0.15, 0.2) is 27.1 Å². The highest BCUT2D eigenvalue weighted by Crippen LogP contribution is 2.33. The normalized spacial score (nSPS) is 10.4. The molecule has 0 fully saturated rings. The summed E-state index contributed by atoms with van der Waals surface area (Å²) in [6, 6.07) is 5.14. The Balaban J connectivity index is 2.35. The topological polar surface area (TPSA) is 54.9 Å². The highest BCUT2D eigenvalue weighted by molar-refractivity contribution is 9.11. The first kappa shape index (κ1) is 15.7. The van der Waals surface area contributed by atoms with Gasteiger partial charge in [0.25, 0.3) is 5.91 Å². The average Bonchev–Trinajstić information content (AvgIpc) is 2.36. The summed E-state index contributed by atoms with van der Waals surface area (Å²) in [7, 11) is 0. The Morgan fingerprint density at radius 1 is 1.15 bits per heavy atom. The molecule has 2 rings (SSSR count). The molecule has 2 aromatic rings. The molecule has 0 aliphatic heterocycles. The first-order valence-electron chi connectivity index (χ1n) is 5.34. The molecule has 1 heterocycles. The molecular formula is C12H7Br2Cl2N3O. The van der Waals surface area contributed by atoms with Crippen LogP contribution in [0.25, 0.3) is 0 Å². The molecule has 0 unspecified atom stereocenters. The molecule has 104 valence electrons. The summed E-state index contributed by atoms with van der Waals surface area (Å²) in [6.07, 6.45) is 0. The Labute approximate surface area is 142 Å². The standard InChI is InChI=1S/C12H7Br2Cl2N3O/c1-5-2-7(13)10(8(14)3-5)17-12(20)6-4-9(15)18-19-11(6)16/h2-4H,1H3,(H,17,20). The van der Waals surface area contributed by atoms with Crippen LogP contribution < -0.4 is 5.32 Å². The SMILES string of the molecule is Cc1cc(Br)c(NC(=O)c2cc(Cl)nnc2Cl)c(Br)c1. The van der Waals surface area contributed by atoms with E-state index >= 15 is 0 Å². The fourth-order valence-electron chi connectivity index (χ4n) is 1.51. The molecule has 1 amide bonds. The Bertz CT molecular complexity index is 671. The first-order chi connectivity index (χ1) is 9.38. The smallest absolute Gasteiger partial charge is 0.259 e. The van der Waals surface area contributed by atoms with E-state index in [1.807, 2.05) is 19.1 Å². The molecule has 4 nitrogen and oxygen atoms in total. The molecule has 0 bridgehead atoms. The number of carbonyl (C=O) groups excluding carboxylic acids is 1. The maximum Gasteiger partial charge on any atom is 0.259 e. The summed E-state index contributed by atoms with van der Waals surface area (Å²) in [5, 5.41) is 10.00. The van der Waals surface area contributed by atoms with Crippen LogP contribution in [0.5, 0.6) is 0 Å². The van der Waals surface area contributed by atoms with Crippen molar-refractivity contribution < 1.29 is 4.79 Å². The van der Waals surface area contributed by atoms with Crippen molar-refractivity contribution in [3.8, 4) is 0 Å². The highest BCUT2D eigenvalue weighted by Gasteiger charge is 2.16. The number of nitrogens with zero attached hydrogens (tertiary/aromatic N) is 2. The lowest BCUT2D eigenvalue weighted by molar-refractivity contribution is 0.102. The lowest BCUT2D eigenvalue weighted by Crippen LogP contribution is -2.14. The van der Waals surface area contributed by atoms with E-state index in [4.69, 9.17) is 23.2 Å². The lowest BCUT2D eigenvalue weighted by Gasteiger charge is -2.11. The molecule has 0 saturated heterocycles. The van der Waals surface area contributed by atoms with Crippen LogP contribution >= 0.6 is 55.1 Å². The number of benzene rings is 1. The predicted octanol–water partition coefficient (Wildman–Crippen LogP) is 4.87. The van der Waals surface area contributed by atoms with Crippen LogP contribution in [0.1, 0.15) is 15.9 Å². The Morgan fingerprint density at radius 3 is 2.35 bits per heavy atom. The molecule has 0 atom stereocenters. The zero-order valence-corrected chi connectivity index (χ0v) is 14.7. The van der Waals surface area contributed by atoms with E-state index in [0.29, 0.717) is 5.69 Å². The first-order valence-corrected chi connectivity index (χ1v) is 7.68. The van der Waals surface area contributed by atoms with Gasteiger partial charge in [0.2, 0.25) is 0 Å². The lowest BCUT2D eigenvalue weighted by atomic mass is 10.2. The van der Waals surface area contributed by atoms with E-state index < -0.39 is 5.91 Å². The number of rotatable bonds is 2. The van der Waals surface area contributed by atoms with Gasteiger partial charge in [-0.15, -0.1) is 10.2 Å². The number of aromatic nitrogens is 2. The van der Waals surface area contributed by atoms with Gasteiger partial charge in [-0.3, -0.25) is 4.79 Å². The van der Waals surface area contributed by atoms with Crippen LogP contribution in [0.4, 0.5) is 5.69 Å². The number of amides is 1. The van der Waals surface area contributed by atoms with Gasteiger partial charge in [-0.05, 0) is 62.5 Å². The minimum absolute atomic E-state index is 0.00810. The number of anilines is 1. The quantitative estimate of drug-likeness (QED) is 0.726. The van der Waals surface area contributed by atoms with Crippen LogP contribution in [-0.2, 0) is 0 Å². The van der Waals surface area contributed by atoms with Crippen LogP contribution in [0.3, 0.4) is 0 Å². The van der Waals surface area contributed by atoms with Crippen molar-refractivity contribution in [2.75, 3.05) is 5.32 Å². The minimum atomic E-state index is -0.419. The molecule has 0 aliphatic carbocycles. The maximum atomic E-state index is 12.2. The van der Waals surface area contributed by atoms with E-state index in [2.05, 4.69) is 47.4 Å². The third-order valence-corrected chi connectivity index (χ3v) is 4.10. The van der Waals surface area contributed by atoms with Gasteiger partial charge in [0.1, 0.15) is 0 Å². The summed E-state index contributed by atoms with van der Waals surface area (Å²) >= 11 is 18.4. The molecular weight excluding hydrogens is 433 g/mol. The molecule has 0 spiro atoms. The summed E-state index contributed by atoms with van der Waals surface area (Å²) in [5.41, 5.74) is 1.81. The van der Waals surface area contributed by atoms with Crippen molar-refractivity contribution in [2.24, 2.45) is 0 Å². The fraction of sp³-hybridized carbons (Fsp3) is 0.0833. The Hall–Kier alpha value is -0.690. The number of carbonyl (C=O) groups is 1. The molecule has 1 aromatic heterocycles. The molecule has 1 aromatic carbocycles. The van der Waals surface area contributed by atoms with Gasteiger partial charge in [-0.25, -0.2) is 0 Å². The van der Waals surface area contributed by atoms with Crippen molar-refractivity contribution in [1.82, 2.24) is 10.2 Å². The third-order valence-electron chi connectivity index (χ3n) is 2.39. The van der Waals surface area contributed by atoms with Crippen molar-refractivity contribution >= 4 is 66.7 Å². The largest absolute Gasteiger partial charge is 0.320 e. The Morgan fingerprint density at radius 2 is 1.75 bits per heavy atom. The van der Waals surface area contributed by atoms with Gasteiger partial charge >= 0.3 is 0 Å². The molecule has 8 heteroatoms. The second kappa shape index (κ2) is 6.39. The van der Waals surface area contributed by atoms with Crippen LogP contribution in [0.2, 0.25) is 10.3 Å². The van der Waals surface area contributed by atoms with Gasteiger partial charge in [0, 0.05) is 8.95 Å². The van der Waals surface area contributed by atoms with E-state index in [9.17, 15) is 4.79 Å². The monoisotopic (exact) mass is 437 g/mol. The summed E-state index contributed by atoms with van der Waals surface area (Å²) in [4.78, 5) is 12.2. The second-order valence-corrected chi connectivity index (χ2v) is 6.38. The molecule has 0 aliphatic rings. The summed E-state index contributed by atoms with van der Waals surface area (Å²) in [5.74, 6) is -0.419. The van der Waals surface area contributed by atoms with E-state index in [1.165, 1.54) is 6.07 Å². The third kappa shape index (κ3) is 3.49. The summed E-state index contributed by atoms with van der Waals surface area (Å²) in [6.45, 7) is 1.95. The molecule has 0 saturated carbocycles. The Kier molecular flexibility index (Phi) is 5.01. The van der Waals surface area contributed by atoms with Gasteiger partial charge in [0.05, 0.1) is 11.3 Å². The van der Waals surface area contributed by atoms with Crippen LogP contribution in [0, 0.1) is 6.92 Å². The number of nitrogens with one attached hydrogen (secondary N) is 1. The summed E-state index contributed by atoms with van der Waals surface area (Å²) < 4.78 is 1.50. The highest BCUT2D eigenvalue weighted by atomic mass is 79.9. The number of hydrogen-bond donors (Lipinski definition) is 1.